The zero-order chi connectivity index (χ0) is 33.5. The van der Waals surface area contributed by atoms with Crippen LogP contribution in [0.3, 0.4) is 0 Å². The topological polar surface area (TPSA) is 65.0 Å². The maximum absolute atomic E-state index is 6.47. The third kappa shape index (κ3) is 4.37. The van der Waals surface area contributed by atoms with E-state index in [0.29, 0.717) is 17.5 Å². The molecule has 11 rings (SSSR count). The molecule has 0 bridgehead atoms. The van der Waals surface area contributed by atoms with Crippen molar-refractivity contribution in [3.8, 4) is 45.3 Å². The van der Waals surface area contributed by atoms with Gasteiger partial charge in [-0.05, 0) is 48.0 Å². The highest BCUT2D eigenvalue weighted by Gasteiger charge is 2.20. The van der Waals surface area contributed by atoms with Gasteiger partial charge in [-0.1, -0.05) is 109 Å². The van der Waals surface area contributed by atoms with Crippen LogP contribution >= 0.6 is 11.3 Å². The van der Waals surface area contributed by atoms with E-state index in [4.69, 9.17) is 23.8 Å². The maximum atomic E-state index is 6.47. The second-order valence-electron chi connectivity index (χ2n) is 12.7. The number of rotatable bonds is 4. The molecular formula is C45H25N3O2S. The van der Waals surface area contributed by atoms with Crippen molar-refractivity contribution in [3.05, 3.63) is 152 Å². The molecule has 0 atom stereocenters. The Balaban J connectivity index is 1.15. The highest BCUT2D eigenvalue weighted by Crippen LogP contribution is 2.43. The van der Waals surface area contributed by atoms with Gasteiger partial charge >= 0.3 is 0 Å². The first-order valence-corrected chi connectivity index (χ1v) is 17.7. The van der Waals surface area contributed by atoms with Gasteiger partial charge < -0.3 is 8.83 Å². The first-order valence-electron chi connectivity index (χ1n) is 16.9. The number of para-hydroxylation sites is 2. The summed E-state index contributed by atoms with van der Waals surface area (Å²) in [4.78, 5) is 15.4. The van der Waals surface area contributed by atoms with Gasteiger partial charge in [0.2, 0.25) is 0 Å². The molecule has 0 aliphatic carbocycles. The van der Waals surface area contributed by atoms with E-state index in [1.54, 1.807) is 11.3 Å². The molecule has 0 fully saturated rings. The fraction of sp³-hybridized carbons (Fsp3) is 0. The van der Waals surface area contributed by atoms with E-state index >= 15 is 0 Å². The van der Waals surface area contributed by atoms with Crippen molar-refractivity contribution in [1.29, 1.82) is 0 Å². The van der Waals surface area contributed by atoms with Gasteiger partial charge in [0, 0.05) is 64.0 Å². The standard InChI is InChI=1S/C45H25N3O2S/c1-2-11-26(12-3-1)43-46-44(48-45(47-43)33-18-10-22-39-41(33)32-14-5-7-21-38(32)51-39)27-23-24-36-34(25-27)40-29(15-9-20-37(40)49-36)31-17-8-16-30-28-13-4-6-19-35(28)50-42(30)31/h1-25H. The van der Waals surface area contributed by atoms with E-state index < -0.39 is 0 Å². The summed E-state index contributed by atoms with van der Waals surface area (Å²) in [6, 6.07) is 52.0. The van der Waals surface area contributed by atoms with E-state index in [1.165, 1.54) is 14.8 Å². The number of benzene rings is 7. The third-order valence-electron chi connectivity index (χ3n) is 9.76. The van der Waals surface area contributed by atoms with E-state index in [-0.39, 0.29) is 0 Å². The predicted molar refractivity (Wildman–Crippen MR) is 209 cm³/mol. The number of furan rings is 2. The van der Waals surface area contributed by atoms with Gasteiger partial charge in [0.25, 0.3) is 0 Å². The van der Waals surface area contributed by atoms with Crippen LogP contribution < -0.4 is 0 Å². The molecule has 0 N–H and O–H groups in total. The Hall–Kier alpha value is -6.63. The SMILES string of the molecule is c1ccc(-c2nc(-c3ccc4oc5cccc(-c6cccc7c6oc6ccccc67)c5c4c3)nc(-c3cccc4sc5ccccc5c34)n2)cc1. The lowest BCUT2D eigenvalue weighted by atomic mass is 9.97. The molecule has 0 spiro atoms. The van der Waals surface area contributed by atoms with Crippen LogP contribution in [0.4, 0.5) is 0 Å². The summed E-state index contributed by atoms with van der Waals surface area (Å²) in [5.41, 5.74) is 8.21. The molecule has 7 aromatic carbocycles. The molecule has 0 aliphatic rings. The van der Waals surface area contributed by atoms with Crippen LogP contribution in [0, 0.1) is 0 Å². The van der Waals surface area contributed by atoms with Crippen LogP contribution in [0.25, 0.3) is 109 Å². The molecule has 5 nitrogen and oxygen atoms in total. The fourth-order valence-corrected chi connectivity index (χ4v) is 8.58. The Kier molecular flexibility index (Phi) is 6.05. The number of nitrogens with zero attached hydrogens (tertiary/aromatic N) is 3. The number of hydrogen-bond acceptors (Lipinski definition) is 6. The number of hydrogen-bond donors (Lipinski definition) is 0. The lowest BCUT2D eigenvalue weighted by Crippen LogP contribution is -2.00. The highest BCUT2D eigenvalue weighted by atomic mass is 32.1. The van der Waals surface area contributed by atoms with Gasteiger partial charge in [-0.25, -0.2) is 15.0 Å². The van der Waals surface area contributed by atoms with Crippen molar-refractivity contribution < 1.29 is 8.83 Å². The summed E-state index contributed by atoms with van der Waals surface area (Å²) < 4.78 is 15.4. The first kappa shape index (κ1) is 28.2. The van der Waals surface area contributed by atoms with Crippen LogP contribution in [-0.4, -0.2) is 15.0 Å². The summed E-state index contributed by atoms with van der Waals surface area (Å²) in [6.07, 6.45) is 0. The Morgan fingerprint density at radius 2 is 1.02 bits per heavy atom. The zero-order valence-electron chi connectivity index (χ0n) is 27.0. The third-order valence-corrected chi connectivity index (χ3v) is 10.9. The molecule has 238 valence electrons. The molecule has 0 aliphatic heterocycles. The molecule has 0 saturated heterocycles. The average molecular weight is 672 g/mol. The lowest BCUT2D eigenvalue weighted by molar-refractivity contribution is 0.668. The van der Waals surface area contributed by atoms with E-state index in [9.17, 15) is 0 Å². The predicted octanol–water partition coefficient (Wildman–Crippen LogP) is 12.7. The van der Waals surface area contributed by atoms with Crippen molar-refractivity contribution in [3.63, 3.8) is 0 Å². The Bertz CT molecular complexity index is 3160. The van der Waals surface area contributed by atoms with Crippen LogP contribution in [0.2, 0.25) is 0 Å². The lowest BCUT2D eigenvalue weighted by Gasteiger charge is -2.10. The molecule has 11 aromatic rings. The first-order chi connectivity index (χ1) is 25.3. The van der Waals surface area contributed by atoms with Gasteiger partial charge in [-0.2, -0.15) is 0 Å². The van der Waals surface area contributed by atoms with Crippen molar-refractivity contribution >= 4 is 75.4 Å². The summed E-state index contributed by atoms with van der Waals surface area (Å²) in [6.45, 7) is 0. The van der Waals surface area contributed by atoms with Crippen molar-refractivity contribution in [2.75, 3.05) is 0 Å². The van der Waals surface area contributed by atoms with E-state index in [2.05, 4.69) is 84.9 Å². The van der Waals surface area contributed by atoms with Gasteiger partial charge in [0.1, 0.15) is 22.3 Å². The summed E-state index contributed by atoms with van der Waals surface area (Å²) in [5, 5.41) is 6.57. The van der Waals surface area contributed by atoms with Crippen LogP contribution in [-0.2, 0) is 0 Å². The normalized spacial score (nSPS) is 11.9. The largest absolute Gasteiger partial charge is 0.456 e. The second-order valence-corrected chi connectivity index (χ2v) is 13.8. The minimum atomic E-state index is 0.600. The molecule has 0 amide bonds. The molecule has 4 aromatic heterocycles. The fourth-order valence-electron chi connectivity index (χ4n) is 7.45. The molecule has 4 heterocycles. The number of fused-ring (bicyclic) bond motifs is 9. The highest BCUT2D eigenvalue weighted by molar-refractivity contribution is 7.25. The van der Waals surface area contributed by atoms with Crippen molar-refractivity contribution in [2.24, 2.45) is 0 Å². The smallest absolute Gasteiger partial charge is 0.164 e. The zero-order valence-corrected chi connectivity index (χ0v) is 27.8. The van der Waals surface area contributed by atoms with Crippen LogP contribution in [0.5, 0.6) is 0 Å². The minimum absolute atomic E-state index is 0.600. The monoisotopic (exact) mass is 671 g/mol. The van der Waals surface area contributed by atoms with Gasteiger partial charge in [-0.3, -0.25) is 0 Å². The summed E-state index contributed by atoms with van der Waals surface area (Å²) >= 11 is 1.79. The Morgan fingerprint density at radius 1 is 0.373 bits per heavy atom. The Morgan fingerprint density at radius 3 is 1.94 bits per heavy atom. The number of aromatic nitrogens is 3. The molecule has 6 heteroatoms. The molecular weight excluding hydrogens is 647 g/mol. The molecule has 51 heavy (non-hydrogen) atoms. The Labute approximate surface area is 295 Å². The van der Waals surface area contributed by atoms with Gasteiger partial charge in [0.05, 0.1) is 0 Å². The molecule has 0 unspecified atom stereocenters. The van der Waals surface area contributed by atoms with Crippen LogP contribution in [0.15, 0.2) is 160 Å². The minimum Gasteiger partial charge on any atom is -0.456 e. The number of thiophene rings is 1. The van der Waals surface area contributed by atoms with Crippen LogP contribution in [0.1, 0.15) is 0 Å². The van der Waals surface area contributed by atoms with Gasteiger partial charge in [0.15, 0.2) is 17.5 Å². The maximum Gasteiger partial charge on any atom is 0.164 e. The quantitative estimate of drug-likeness (QED) is 0.186. The van der Waals surface area contributed by atoms with Gasteiger partial charge in [-0.15, -0.1) is 11.3 Å². The van der Waals surface area contributed by atoms with E-state index in [1.807, 2.05) is 66.7 Å². The average Bonchev–Trinajstić information content (AvgIpc) is 3.89. The molecule has 0 saturated carbocycles. The van der Waals surface area contributed by atoms with Crippen molar-refractivity contribution in [1.82, 2.24) is 15.0 Å². The van der Waals surface area contributed by atoms with Crippen molar-refractivity contribution in [2.45, 2.75) is 0 Å². The second kappa shape index (κ2) is 10.9. The summed E-state index contributed by atoms with van der Waals surface area (Å²) in [5.74, 6) is 1.87. The summed E-state index contributed by atoms with van der Waals surface area (Å²) in [7, 11) is 0. The van der Waals surface area contributed by atoms with E-state index in [0.717, 1.165) is 77.1 Å². The molecule has 0 radical (unpaired) electrons.